The van der Waals surface area contributed by atoms with E-state index in [0.717, 1.165) is 56.6 Å². The average molecular weight is 446 g/mol. The van der Waals surface area contributed by atoms with Crippen molar-refractivity contribution in [3.63, 3.8) is 0 Å². The first-order valence-corrected chi connectivity index (χ1v) is 10.6. The standard InChI is InChI=1S/C19H28N2O3.C2HF3O2/c1-13-2-5-16(24-13)11-21-7-6-17-15(10-21)12-23-18(17)8-19(22)20-9-14-3-4-14;3-2(4,5)1(6)7/h2,5,14-15,17-18H,3-4,6-12H2,1H3,(H,20,22);(H,6,7)/t15-,17-,18+;/m1./s1. The van der Waals surface area contributed by atoms with Gasteiger partial charge in [0.25, 0.3) is 0 Å². The summed E-state index contributed by atoms with van der Waals surface area (Å²) in [4.78, 5) is 23.5. The highest BCUT2D eigenvalue weighted by Gasteiger charge is 2.41. The van der Waals surface area contributed by atoms with Gasteiger partial charge in [0.15, 0.2) is 0 Å². The Balaban J connectivity index is 0.000000339. The number of rotatable bonds is 6. The van der Waals surface area contributed by atoms with Gasteiger partial charge in [0, 0.05) is 19.0 Å². The zero-order valence-electron chi connectivity index (χ0n) is 17.5. The number of aliphatic carboxylic acids is 1. The summed E-state index contributed by atoms with van der Waals surface area (Å²) >= 11 is 0. The second-order valence-corrected chi connectivity index (χ2v) is 8.59. The third-order valence-corrected chi connectivity index (χ3v) is 5.97. The summed E-state index contributed by atoms with van der Waals surface area (Å²) in [5, 5.41) is 10.2. The molecule has 3 heterocycles. The summed E-state index contributed by atoms with van der Waals surface area (Å²) in [5.41, 5.74) is 0. The highest BCUT2D eigenvalue weighted by atomic mass is 19.4. The van der Waals surface area contributed by atoms with E-state index in [9.17, 15) is 18.0 Å². The number of hydrogen-bond donors (Lipinski definition) is 2. The maximum atomic E-state index is 12.1. The number of aryl methyl sites for hydroxylation is 1. The summed E-state index contributed by atoms with van der Waals surface area (Å²) < 4.78 is 43.4. The molecule has 0 unspecified atom stereocenters. The monoisotopic (exact) mass is 446 g/mol. The minimum absolute atomic E-state index is 0.113. The van der Waals surface area contributed by atoms with Crippen LogP contribution in [0.5, 0.6) is 0 Å². The van der Waals surface area contributed by atoms with Crippen molar-refractivity contribution in [3.05, 3.63) is 23.7 Å². The lowest BCUT2D eigenvalue weighted by Gasteiger charge is -2.35. The molecule has 1 aromatic rings. The van der Waals surface area contributed by atoms with Crippen molar-refractivity contribution in [1.29, 1.82) is 0 Å². The van der Waals surface area contributed by atoms with E-state index in [-0.39, 0.29) is 12.0 Å². The minimum Gasteiger partial charge on any atom is -0.475 e. The first-order valence-electron chi connectivity index (χ1n) is 10.6. The molecule has 1 aliphatic carbocycles. The third-order valence-electron chi connectivity index (χ3n) is 5.97. The largest absolute Gasteiger partial charge is 0.490 e. The normalized spacial score (nSPS) is 26.0. The van der Waals surface area contributed by atoms with Gasteiger partial charge in [0.2, 0.25) is 5.91 Å². The molecule has 2 N–H and O–H groups in total. The molecule has 7 nitrogen and oxygen atoms in total. The summed E-state index contributed by atoms with van der Waals surface area (Å²) in [7, 11) is 0. The van der Waals surface area contributed by atoms with E-state index in [2.05, 4.69) is 16.3 Å². The van der Waals surface area contributed by atoms with Crippen LogP contribution in [-0.4, -0.2) is 60.4 Å². The quantitative estimate of drug-likeness (QED) is 0.698. The Bertz CT molecular complexity index is 762. The zero-order valence-corrected chi connectivity index (χ0v) is 17.5. The lowest BCUT2D eigenvalue weighted by molar-refractivity contribution is -0.192. The molecule has 174 valence electrons. The van der Waals surface area contributed by atoms with E-state index in [0.29, 0.717) is 18.3 Å². The van der Waals surface area contributed by atoms with E-state index in [1.807, 2.05) is 13.0 Å². The Kier molecular flexibility index (Phi) is 7.64. The third kappa shape index (κ3) is 7.24. The van der Waals surface area contributed by atoms with Crippen LogP contribution >= 0.6 is 0 Å². The maximum absolute atomic E-state index is 12.1. The van der Waals surface area contributed by atoms with Gasteiger partial charge in [-0.15, -0.1) is 0 Å². The predicted molar refractivity (Wildman–Crippen MR) is 104 cm³/mol. The minimum atomic E-state index is -5.08. The molecular formula is C21H29F3N2O5. The number of furan rings is 1. The van der Waals surface area contributed by atoms with E-state index in [1.165, 1.54) is 12.8 Å². The summed E-state index contributed by atoms with van der Waals surface area (Å²) in [6.45, 7) is 6.62. The van der Waals surface area contributed by atoms with E-state index < -0.39 is 12.1 Å². The van der Waals surface area contributed by atoms with Crippen LogP contribution < -0.4 is 5.32 Å². The molecule has 1 saturated carbocycles. The molecule has 0 radical (unpaired) electrons. The number of piperidine rings is 1. The number of carbonyl (C=O) groups excluding carboxylic acids is 1. The molecule has 31 heavy (non-hydrogen) atoms. The first kappa shape index (κ1) is 23.6. The maximum Gasteiger partial charge on any atom is 0.490 e. The number of carbonyl (C=O) groups is 2. The van der Waals surface area contributed by atoms with Gasteiger partial charge in [-0.05, 0) is 56.7 Å². The number of nitrogens with zero attached hydrogens (tertiary/aromatic N) is 1. The Hall–Kier alpha value is -2.07. The number of halogens is 3. The number of fused-ring (bicyclic) bond motifs is 1. The molecule has 0 aromatic carbocycles. The van der Waals surface area contributed by atoms with Crippen molar-refractivity contribution < 1.29 is 37.0 Å². The number of hydrogen-bond acceptors (Lipinski definition) is 5. The second kappa shape index (κ2) is 10.0. The van der Waals surface area contributed by atoms with Gasteiger partial charge in [0.1, 0.15) is 11.5 Å². The molecule has 2 saturated heterocycles. The molecule has 0 spiro atoms. The van der Waals surface area contributed by atoms with Crippen LogP contribution in [0.4, 0.5) is 13.2 Å². The first-order chi connectivity index (χ1) is 14.6. The van der Waals surface area contributed by atoms with Crippen molar-refractivity contribution in [2.24, 2.45) is 17.8 Å². The Morgan fingerprint density at radius 2 is 1.97 bits per heavy atom. The van der Waals surface area contributed by atoms with Gasteiger partial charge in [-0.1, -0.05) is 0 Å². The Labute approximate surface area is 178 Å². The van der Waals surface area contributed by atoms with Crippen LogP contribution in [0.2, 0.25) is 0 Å². The second-order valence-electron chi connectivity index (χ2n) is 8.59. The van der Waals surface area contributed by atoms with Crippen LogP contribution in [0.25, 0.3) is 0 Å². The lowest BCUT2D eigenvalue weighted by Crippen LogP contribution is -2.42. The van der Waals surface area contributed by atoms with E-state index in [4.69, 9.17) is 19.1 Å². The summed E-state index contributed by atoms with van der Waals surface area (Å²) in [6, 6.07) is 4.09. The van der Waals surface area contributed by atoms with Crippen molar-refractivity contribution in [3.8, 4) is 0 Å². The van der Waals surface area contributed by atoms with Gasteiger partial charge in [-0.2, -0.15) is 13.2 Å². The Morgan fingerprint density at radius 1 is 1.26 bits per heavy atom. The predicted octanol–water partition coefficient (Wildman–Crippen LogP) is 2.97. The topological polar surface area (TPSA) is 92.0 Å². The van der Waals surface area contributed by atoms with Gasteiger partial charge in [0.05, 0.1) is 25.7 Å². The van der Waals surface area contributed by atoms with Gasteiger partial charge >= 0.3 is 12.1 Å². The number of amides is 1. The number of carboxylic acid groups (broad SMARTS) is 1. The van der Waals surface area contributed by atoms with Crippen LogP contribution in [0.1, 0.15) is 37.2 Å². The van der Waals surface area contributed by atoms with Crippen molar-refractivity contribution in [2.75, 3.05) is 26.2 Å². The van der Waals surface area contributed by atoms with Crippen LogP contribution in [0, 0.1) is 24.7 Å². The van der Waals surface area contributed by atoms with Gasteiger partial charge in [-0.3, -0.25) is 9.69 Å². The van der Waals surface area contributed by atoms with Crippen molar-refractivity contribution in [2.45, 2.75) is 51.4 Å². The molecule has 1 amide bonds. The number of alkyl halides is 3. The SMILES string of the molecule is Cc1ccc(CN2CC[C@@H]3[C@@H](CO[C@H]3CC(=O)NCC3CC3)C2)o1.O=C(O)C(F)(F)F. The molecule has 2 aliphatic heterocycles. The molecule has 10 heteroatoms. The summed E-state index contributed by atoms with van der Waals surface area (Å²) in [5.74, 6) is 1.25. The lowest BCUT2D eigenvalue weighted by atomic mass is 9.83. The number of carboxylic acids is 1. The van der Waals surface area contributed by atoms with Crippen molar-refractivity contribution in [1.82, 2.24) is 10.2 Å². The molecule has 3 fully saturated rings. The molecule has 3 aliphatic rings. The fourth-order valence-electron chi connectivity index (χ4n) is 4.14. The van der Waals surface area contributed by atoms with Gasteiger partial charge in [-0.25, -0.2) is 4.79 Å². The number of nitrogens with one attached hydrogen (secondary N) is 1. The van der Waals surface area contributed by atoms with Gasteiger partial charge < -0.3 is 19.6 Å². The van der Waals surface area contributed by atoms with E-state index >= 15 is 0 Å². The molecule has 4 rings (SSSR count). The number of likely N-dealkylation sites (tertiary alicyclic amines) is 1. The molecule has 0 bridgehead atoms. The molecule has 3 atom stereocenters. The van der Waals surface area contributed by atoms with E-state index in [1.54, 1.807) is 0 Å². The van der Waals surface area contributed by atoms with Crippen LogP contribution in [0.15, 0.2) is 16.5 Å². The highest BCUT2D eigenvalue weighted by molar-refractivity contribution is 5.76. The molecule has 1 aromatic heterocycles. The zero-order chi connectivity index (χ0) is 22.6. The number of ether oxygens (including phenoxy) is 1. The Morgan fingerprint density at radius 3 is 2.55 bits per heavy atom. The fraction of sp³-hybridized carbons (Fsp3) is 0.714. The highest BCUT2D eigenvalue weighted by Crippen LogP contribution is 2.36. The van der Waals surface area contributed by atoms with Crippen LogP contribution in [-0.2, 0) is 20.9 Å². The smallest absolute Gasteiger partial charge is 0.475 e. The molecular weight excluding hydrogens is 417 g/mol. The van der Waals surface area contributed by atoms with Crippen LogP contribution in [0.3, 0.4) is 0 Å². The fourth-order valence-corrected chi connectivity index (χ4v) is 4.14. The summed E-state index contributed by atoms with van der Waals surface area (Å²) in [6.07, 6.45) is -0.774. The van der Waals surface area contributed by atoms with Crippen molar-refractivity contribution >= 4 is 11.9 Å². The average Bonchev–Trinajstić information content (AvgIpc) is 3.32.